The first kappa shape index (κ1) is 9.74. The Morgan fingerprint density at radius 3 is 2.08 bits per heavy atom. The van der Waals surface area contributed by atoms with Crippen molar-refractivity contribution in [3.05, 3.63) is 12.2 Å². The molecule has 0 bridgehead atoms. The quantitative estimate of drug-likeness (QED) is 0.624. The van der Waals surface area contributed by atoms with Gasteiger partial charge in [0.2, 0.25) is 0 Å². The summed E-state index contributed by atoms with van der Waals surface area (Å²) in [5.74, 6) is 0. The van der Waals surface area contributed by atoms with Crippen LogP contribution in [0.5, 0.6) is 0 Å². The molecule has 1 N–H and O–H groups in total. The average molecular weight is 188 g/mol. The molecule has 0 aromatic rings. The van der Waals surface area contributed by atoms with Crippen molar-refractivity contribution < 1.29 is 4.21 Å². The first-order valence-electron chi connectivity index (χ1n) is 4.04. The van der Waals surface area contributed by atoms with E-state index in [4.69, 9.17) is 4.78 Å². The van der Waals surface area contributed by atoms with Gasteiger partial charge in [-0.05, 0) is 20.8 Å². The van der Waals surface area contributed by atoms with Crippen LogP contribution >= 0.6 is 0 Å². The predicted molar refractivity (Wildman–Crippen MR) is 51.3 cm³/mol. The van der Waals surface area contributed by atoms with Gasteiger partial charge in [-0.15, -0.1) is 0 Å². The third kappa shape index (κ3) is 1.54. The molecule has 1 aliphatic rings. The molecule has 4 heteroatoms. The van der Waals surface area contributed by atoms with Gasteiger partial charge in [0, 0.05) is 13.1 Å². The molecule has 0 saturated carbocycles. The predicted octanol–water partition coefficient (Wildman–Crippen LogP) is 1.62. The summed E-state index contributed by atoms with van der Waals surface area (Å²) in [6.07, 6.45) is 3.92. The lowest BCUT2D eigenvalue weighted by Crippen LogP contribution is -2.40. The van der Waals surface area contributed by atoms with E-state index in [0.717, 1.165) is 0 Å². The van der Waals surface area contributed by atoms with Crippen molar-refractivity contribution in [3.63, 3.8) is 0 Å². The smallest absolute Gasteiger partial charge is 0.113 e. The summed E-state index contributed by atoms with van der Waals surface area (Å²) in [5, 5.41) is 0. The highest BCUT2D eigenvalue weighted by Gasteiger charge is 2.31. The monoisotopic (exact) mass is 188 g/mol. The van der Waals surface area contributed by atoms with Crippen molar-refractivity contribution in [1.82, 2.24) is 4.31 Å². The van der Waals surface area contributed by atoms with Gasteiger partial charge in [0.25, 0.3) is 0 Å². The molecule has 0 saturated heterocycles. The minimum absolute atomic E-state index is 0.459. The van der Waals surface area contributed by atoms with Gasteiger partial charge >= 0.3 is 0 Å². The highest BCUT2D eigenvalue weighted by molar-refractivity contribution is 7.91. The van der Waals surface area contributed by atoms with Gasteiger partial charge in [0.15, 0.2) is 0 Å². The van der Waals surface area contributed by atoms with E-state index < -0.39 is 14.7 Å². The molecule has 1 aliphatic heterocycles. The summed E-state index contributed by atoms with van der Waals surface area (Å²) in [6, 6.07) is 0. The standard InChI is InChI=1S/C8H16N2OS/c1-8(2,3)12(9,11)10-6-4-5-7-10/h4-5,9H,6-7H2,1-3H3. The Morgan fingerprint density at radius 2 is 1.75 bits per heavy atom. The molecule has 0 aromatic heterocycles. The zero-order chi connectivity index (χ0) is 9.41. The van der Waals surface area contributed by atoms with Crippen LogP contribution in [0.3, 0.4) is 0 Å². The summed E-state index contributed by atoms with van der Waals surface area (Å²) in [6.45, 7) is 6.85. The minimum atomic E-state index is -2.61. The molecule has 12 heavy (non-hydrogen) atoms. The lowest BCUT2D eigenvalue weighted by atomic mass is 10.3. The van der Waals surface area contributed by atoms with Crippen molar-refractivity contribution in [1.29, 1.82) is 4.78 Å². The Balaban J connectivity index is 2.87. The van der Waals surface area contributed by atoms with Crippen molar-refractivity contribution in [2.45, 2.75) is 25.5 Å². The van der Waals surface area contributed by atoms with Crippen LogP contribution in [0.25, 0.3) is 0 Å². The summed E-state index contributed by atoms with van der Waals surface area (Å²) in [7, 11) is -2.61. The molecule has 1 heterocycles. The molecule has 0 spiro atoms. The van der Waals surface area contributed by atoms with Crippen LogP contribution in [0, 0.1) is 4.78 Å². The second-order valence-electron chi connectivity index (χ2n) is 3.96. The van der Waals surface area contributed by atoms with E-state index in [0.29, 0.717) is 13.1 Å². The molecule has 70 valence electrons. The molecule has 0 radical (unpaired) electrons. The van der Waals surface area contributed by atoms with Gasteiger partial charge in [-0.2, -0.15) is 0 Å². The fourth-order valence-corrected chi connectivity index (χ4v) is 2.42. The highest BCUT2D eigenvalue weighted by Crippen LogP contribution is 2.22. The number of nitrogens with zero attached hydrogens (tertiary/aromatic N) is 1. The van der Waals surface area contributed by atoms with E-state index in [1.165, 1.54) is 0 Å². The fraction of sp³-hybridized carbons (Fsp3) is 0.750. The summed E-state index contributed by atoms with van der Waals surface area (Å²) in [5.41, 5.74) is 0. The van der Waals surface area contributed by atoms with E-state index in [9.17, 15) is 4.21 Å². The average Bonchev–Trinajstić information content (AvgIpc) is 2.34. The van der Waals surface area contributed by atoms with Crippen molar-refractivity contribution in [2.75, 3.05) is 13.1 Å². The van der Waals surface area contributed by atoms with E-state index in [-0.39, 0.29) is 0 Å². The second-order valence-corrected chi connectivity index (χ2v) is 6.75. The maximum absolute atomic E-state index is 12.0. The Labute approximate surface area is 74.6 Å². The van der Waals surface area contributed by atoms with Gasteiger partial charge in [-0.3, -0.25) is 0 Å². The molecule has 0 fully saturated rings. The van der Waals surface area contributed by atoms with Crippen LogP contribution in [-0.4, -0.2) is 26.4 Å². The third-order valence-electron chi connectivity index (χ3n) is 1.98. The first-order valence-corrected chi connectivity index (χ1v) is 5.55. The Morgan fingerprint density at radius 1 is 1.33 bits per heavy atom. The highest BCUT2D eigenvalue weighted by atomic mass is 32.2. The Kier molecular flexibility index (Phi) is 2.31. The lowest BCUT2D eigenvalue weighted by molar-refractivity contribution is 0.511. The van der Waals surface area contributed by atoms with Crippen molar-refractivity contribution >= 4 is 9.92 Å². The van der Waals surface area contributed by atoms with Crippen LogP contribution in [0.1, 0.15) is 20.8 Å². The molecule has 0 amide bonds. The molecule has 0 aliphatic carbocycles. The van der Waals surface area contributed by atoms with E-state index >= 15 is 0 Å². The van der Waals surface area contributed by atoms with Crippen LogP contribution in [-0.2, 0) is 9.92 Å². The summed E-state index contributed by atoms with van der Waals surface area (Å²) < 4.78 is 21.0. The number of rotatable bonds is 1. The van der Waals surface area contributed by atoms with Gasteiger partial charge in [-0.25, -0.2) is 13.3 Å². The third-order valence-corrected chi connectivity index (χ3v) is 4.66. The van der Waals surface area contributed by atoms with E-state index in [1.54, 1.807) is 4.31 Å². The maximum Gasteiger partial charge on any atom is 0.113 e. The Bertz CT molecular complexity index is 277. The topological polar surface area (TPSA) is 44.2 Å². The number of hydrogen-bond donors (Lipinski definition) is 1. The lowest BCUT2D eigenvalue weighted by Gasteiger charge is -2.29. The van der Waals surface area contributed by atoms with E-state index in [1.807, 2.05) is 32.9 Å². The zero-order valence-corrected chi connectivity index (χ0v) is 8.65. The molecule has 1 unspecified atom stereocenters. The second kappa shape index (κ2) is 2.85. The molecule has 1 rings (SSSR count). The normalized spacial score (nSPS) is 24.2. The van der Waals surface area contributed by atoms with Gasteiger partial charge < -0.3 is 0 Å². The summed E-state index contributed by atoms with van der Waals surface area (Å²) >= 11 is 0. The van der Waals surface area contributed by atoms with Crippen LogP contribution in [0.4, 0.5) is 0 Å². The maximum atomic E-state index is 12.0. The van der Waals surface area contributed by atoms with Crippen LogP contribution in [0.15, 0.2) is 12.2 Å². The van der Waals surface area contributed by atoms with Crippen molar-refractivity contribution in [3.8, 4) is 0 Å². The fourth-order valence-electron chi connectivity index (χ4n) is 1.06. The number of hydrogen-bond acceptors (Lipinski definition) is 2. The van der Waals surface area contributed by atoms with E-state index in [2.05, 4.69) is 0 Å². The van der Waals surface area contributed by atoms with Crippen molar-refractivity contribution in [2.24, 2.45) is 0 Å². The minimum Gasteiger partial charge on any atom is -0.240 e. The molecule has 1 atom stereocenters. The summed E-state index contributed by atoms with van der Waals surface area (Å²) in [4.78, 5) is 0. The van der Waals surface area contributed by atoms with Gasteiger partial charge in [0.1, 0.15) is 9.92 Å². The molecule has 0 aromatic carbocycles. The largest absolute Gasteiger partial charge is 0.240 e. The molecular formula is C8H16N2OS. The SMILES string of the molecule is CC(C)(C)S(=N)(=O)N1CC=CC1. The van der Waals surface area contributed by atoms with Gasteiger partial charge in [0.05, 0.1) is 4.75 Å². The van der Waals surface area contributed by atoms with Crippen LogP contribution in [0.2, 0.25) is 0 Å². The Hall–Kier alpha value is -0.350. The van der Waals surface area contributed by atoms with Crippen LogP contribution < -0.4 is 0 Å². The zero-order valence-electron chi connectivity index (χ0n) is 7.83. The number of nitrogens with one attached hydrogen (secondary N) is 1. The molecule has 3 nitrogen and oxygen atoms in total. The first-order chi connectivity index (χ1) is 5.36. The molecular weight excluding hydrogens is 172 g/mol. The van der Waals surface area contributed by atoms with Gasteiger partial charge in [-0.1, -0.05) is 12.2 Å².